The first-order valence-electron chi connectivity index (χ1n) is 8.08. The van der Waals surface area contributed by atoms with Crippen molar-refractivity contribution in [3.8, 4) is 17.2 Å². The monoisotopic (exact) mass is 373 g/mol. The van der Waals surface area contributed by atoms with Crippen molar-refractivity contribution in [2.24, 2.45) is 0 Å². The predicted octanol–water partition coefficient (Wildman–Crippen LogP) is -1.83. The van der Waals surface area contributed by atoms with Gasteiger partial charge in [0.2, 0.25) is 5.75 Å². The van der Waals surface area contributed by atoms with Crippen LogP contribution in [0, 0.1) is 0 Å². The van der Waals surface area contributed by atoms with E-state index < -0.39 is 0 Å². The van der Waals surface area contributed by atoms with Crippen molar-refractivity contribution in [2.45, 2.75) is 6.42 Å². The molecule has 0 saturated carbocycles. The number of amides is 1. The maximum Gasteiger partial charge on any atom is 0.251 e. The number of hydrogen-bond acceptors (Lipinski definition) is 6. The number of nitrogens with zero attached hydrogens (tertiary/aromatic N) is 1. The fourth-order valence-corrected chi connectivity index (χ4v) is 2.64. The van der Waals surface area contributed by atoms with E-state index in [9.17, 15) is 4.79 Å². The average Bonchev–Trinajstić information content (AvgIpc) is 2.64. The summed E-state index contributed by atoms with van der Waals surface area (Å²) in [6, 6.07) is 3.30. The van der Waals surface area contributed by atoms with Crippen molar-refractivity contribution in [3.05, 3.63) is 17.7 Å². The predicted molar refractivity (Wildman–Crippen MR) is 90.3 cm³/mol. The zero-order chi connectivity index (χ0) is 17.4. The molecule has 142 valence electrons. The minimum Gasteiger partial charge on any atom is -1.00 e. The molecule has 0 spiro atoms. The normalized spacial score (nSPS) is 14.4. The Bertz CT molecular complexity index is 525. The highest BCUT2D eigenvalue weighted by atomic mass is 35.5. The number of nitrogens with one attached hydrogen (secondary N) is 1. The Balaban J connectivity index is 0.00000312. The van der Waals surface area contributed by atoms with Gasteiger partial charge < -0.3 is 36.7 Å². The molecule has 0 bridgehead atoms. The Morgan fingerprint density at radius 1 is 1.12 bits per heavy atom. The Kier molecular flexibility index (Phi) is 9.41. The lowest BCUT2D eigenvalue weighted by Crippen LogP contribution is -3.00. The second kappa shape index (κ2) is 11.0. The van der Waals surface area contributed by atoms with Gasteiger partial charge in [-0.25, -0.2) is 0 Å². The summed E-state index contributed by atoms with van der Waals surface area (Å²) in [5.41, 5.74) is 0.482. The molecule has 1 N–H and O–H groups in total. The van der Waals surface area contributed by atoms with E-state index in [1.54, 1.807) is 12.1 Å². The van der Waals surface area contributed by atoms with Gasteiger partial charge in [-0.3, -0.25) is 9.69 Å². The number of carbonyl (C=O) groups is 1. The molecule has 0 aromatic heterocycles. The SMILES string of the molecule is COc1cc(C(=O)NCCCN2CCOCC2)cc(OC)c1OC.[Cl-]. The number of ether oxygens (including phenoxy) is 4. The topological polar surface area (TPSA) is 69.3 Å². The summed E-state index contributed by atoms with van der Waals surface area (Å²) in [6.07, 6.45) is 0.899. The molecule has 1 fully saturated rings. The summed E-state index contributed by atoms with van der Waals surface area (Å²) in [5.74, 6) is 1.26. The second-order valence-corrected chi connectivity index (χ2v) is 5.48. The summed E-state index contributed by atoms with van der Waals surface area (Å²) >= 11 is 0. The Morgan fingerprint density at radius 2 is 1.72 bits per heavy atom. The van der Waals surface area contributed by atoms with E-state index >= 15 is 0 Å². The molecule has 0 unspecified atom stereocenters. The number of methoxy groups -OCH3 is 3. The van der Waals surface area contributed by atoms with Crippen LogP contribution in [-0.4, -0.2) is 71.5 Å². The minimum atomic E-state index is -0.156. The zero-order valence-electron chi connectivity index (χ0n) is 15.0. The van der Waals surface area contributed by atoms with Crippen LogP contribution in [0.15, 0.2) is 12.1 Å². The lowest BCUT2D eigenvalue weighted by atomic mass is 10.1. The quantitative estimate of drug-likeness (QED) is 0.541. The van der Waals surface area contributed by atoms with Crippen LogP contribution in [0.3, 0.4) is 0 Å². The molecule has 1 aromatic carbocycles. The average molecular weight is 374 g/mol. The van der Waals surface area contributed by atoms with Crippen molar-refractivity contribution in [3.63, 3.8) is 0 Å². The van der Waals surface area contributed by atoms with Gasteiger partial charge in [0.05, 0.1) is 34.5 Å². The molecule has 0 radical (unpaired) electrons. The van der Waals surface area contributed by atoms with Gasteiger partial charge in [0.15, 0.2) is 11.5 Å². The molecule has 1 heterocycles. The molecule has 0 aliphatic carbocycles. The number of rotatable bonds is 8. The van der Waals surface area contributed by atoms with E-state index in [2.05, 4.69) is 10.2 Å². The van der Waals surface area contributed by atoms with Gasteiger partial charge in [-0.15, -0.1) is 0 Å². The van der Waals surface area contributed by atoms with Crippen molar-refractivity contribution >= 4 is 5.91 Å². The Hall–Kier alpha value is -1.70. The molecule has 1 aromatic rings. The van der Waals surface area contributed by atoms with Crippen LogP contribution in [0.5, 0.6) is 17.2 Å². The standard InChI is InChI=1S/C17H26N2O5.ClH/c1-21-14-11-13(12-15(22-2)16(14)23-3)17(20)18-5-4-6-19-7-9-24-10-8-19;/h11-12H,4-10H2,1-3H3,(H,18,20);1H/p-1. The molecular weight excluding hydrogens is 348 g/mol. The third-order valence-corrected chi connectivity index (χ3v) is 3.97. The van der Waals surface area contributed by atoms with Crippen molar-refractivity contribution in [1.29, 1.82) is 0 Å². The van der Waals surface area contributed by atoms with Crippen molar-refractivity contribution < 1.29 is 36.1 Å². The molecule has 7 nitrogen and oxygen atoms in total. The first-order valence-corrected chi connectivity index (χ1v) is 8.08. The van der Waals surface area contributed by atoms with Crippen LogP contribution < -0.4 is 31.9 Å². The van der Waals surface area contributed by atoms with Gasteiger partial charge in [0.1, 0.15) is 0 Å². The minimum absolute atomic E-state index is 0. The van der Waals surface area contributed by atoms with Crippen LogP contribution in [0.2, 0.25) is 0 Å². The summed E-state index contributed by atoms with van der Waals surface area (Å²) in [4.78, 5) is 14.7. The molecule has 2 rings (SSSR count). The van der Waals surface area contributed by atoms with Gasteiger partial charge in [-0.05, 0) is 25.1 Å². The van der Waals surface area contributed by atoms with E-state index in [4.69, 9.17) is 18.9 Å². The maximum absolute atomic E-state index is 12.3. The van der Waals surface area contributed by atoms with Gasteiger partial charge in [-0.1, -0.05) is 0 Å². The lowest BCUT2D eigenvalue weighted by Gasteiger charge is -2.26. The number of morpholine rings is 1. The summed E-state index contributed by atoms with van der Waals surface area (Å²) in [7, 11) is 4.59. The number of halogens is 1. The first kappa shape index (κ1) is 21.3. The van der Waals surface area contributed by atoms with Crippen molar-refractivity contribution in [2.75, 3.05) is 60.7 Å². The van der Waals surface area contributed by atoms with Crippen LogP contribution in [-0.2, 0) is 4.74 Å². The third-order valence-electron chi connectivity index (χ3n) is 3.97. The molecule has 1 amide bonds. The fourth-order valence-electron chi connectivity index (χ4n) is 2.64. The molecule has 8 heteroatoms. The van der Waals surface area contributed by atoms with Gasteiger partial charge in [0, 0.05) is 25.2 Å². The van der Waals surface area contributed by atoms with E-state index in [0.717, 1.165) is 39.3 Å². The van der Waals surface area contributed by atoms with Gasteiger partial charge >= 0.3 is 0 Å². The van der Waals surface area contributed by atoms with Crippen LogP contribution in [0.25, 0.3) is 0 Å². The molecular formula is C17H26ClN2O5-. The highest BCUT2D eigenvalue weighted by molar-refractivity contribution is 5.95. The molecule has 1 aliphatic heterocycles. The van der Waals surface area contributed by atoms with E-state index in [1.165, 1.54) is 21.3 Å². The Morgan fingerprint density at radius 3 is 2.24 bits per heavy atom. The van der Waals surface area contributed by atoms with E-state index in [0.29, 0.717) is 29.4 Å². The van der Waals surface area contributed by atoms with Crippen molar-refractivity contribution in [1.82, 2.24) is 10.2 Å². The third kappa shape index (κ3) is 5.95. The number of benzene rings is 1. The summed E-state index contributed by atoms with van der Waals surface area (Å²) in [6.45, 7) is 5.07. The maximum atomic E-state index is 12.3. The lowest BCUT2D eigenvalue weighted by molar-refractivity contribution is -0.0000152. The van der Waals surface area contributed by atoms with Crippen LogP contribution >= 0.6 is 0 Å². The number of hydrogen-bond donors (Lipinski definition) is 1. The molecule has 1 saturated heterocycles. The molecule has 25 heavy (non-hydrogen) atoms. The summed E-state index contributed by atoms with van der Waals surface area (Å²) in [5, 5.41) is 2.93. The fraction of sp³-hybridized carbons (Fsp3) is 0.588. The van der Waals surface area contributed by atoms with E-state index in [1.807, 2.05) is 0 Å². The van der Waals surface area contributed by atoms with Crippen LogP contribution in [0.1, 0.15) is 16.8 Å². The summed E-state index contributed by atoms with van der Waals surface area (Å²) < 4.78 is 21.1. The van der Waals surface area contributed by atoms with Crippen LogP contribution in [0.4, 0.5) is 0 Å². The highest BCUT2D eigenvalue weighted by Gasteiger charge is 2.17. The van der Waals surface area contributed by atoms with Gasteiger partial charge in [-0.2, -0.15) is 0 Å². The Labute approximate surface area is 155 Å². The second-order valence-electron chi connectivity index (χ2n) is 5.48. The highest BCUT2D eigenvalue weighted by Crippen LogP contribution is 2.38. The molecule has 0 atom stereocenters. The first-order chi connectivity index (χ1) is 11.7. The smallest absolute Gasteiger partial charge is 0.251 e. The molecule has 1 aliphatic rings. The largest absolute Gasteiger partial charge is 1.00 e. The number of carbonyl (C=O) groups excluding carboxylic acids is 1. The zero-order valence-corrected chi connectivity index (χ0v) is 15.7. The van der Waals surface area contributed by atoms with Gasteiger partial charge in [0.25, 0.3) is 5.91 Å². The van der Waals surface area contributed by atoms with E-state index in [-0.39, 0.29) is 18.3 Å².